The summed E-state index contributed by atoms with van der Waals surface area (Å²) in [4.78, 5) is 12.9. The molecule has 0 amide bonds. The number of aliphatic hydroxyl groups excluding tert-OH is 3. The average molecular weight is 479 g/mol. The third-order valence-corrected chi connectivity index (χ3v) is 6.24. The molecule has 1 saturated heterocycles. The second-order valence-electron chi connectivity index (χ2n) is 8.43. The fourth-order valence-corrected chi connectivity index (χ4v) is 4.36. The SMILES string of the molecule is Nc1nc(NCC(O)(c2ccccc2)c2ccccc2)c2ncn([C@@H]3O[C@H](CO)[C@@H](O)[C@H]3O)c2n1. The van der Waals surface area contributed by atoms with E-state index in [4.69, 9.17) is 10.5 Å². The third kappa shape index (κ3) is 4.09. The zero-order chi connectivity index (χ0) is 24.6. The van der Waals surface area contributed by atoms with E-state index in [2.05, 4.69) is 20.3 Å². The van der Waals surface area contributed by atoms with E-state index < -0.39 is 36.7 Å². The number of aliphatic hydroxyl groups is 4. The van der Waals surface area contributed by atoms with Crippen molar-refractivity contribution in [2.45, 2.75) is 30.1 Å². The van der Waals surface area contributed by atoms with Crippen molar-refractivity contribution in [2.75, 3.05) is 24.2 Å². The van der Waals surface area contributed by atoms with Crippen LogP contribution in [0, 0.1) is 0 Å². The highest BCUT2D eigenvalue weighted by Crippen LogP contribution is 2.34. The van der Waals surface area contributed by atoms with E-state index >= 15 is 0 Å². The quantitative estimate of drug-likeness (QED) is 0.218. The second-order valence-corrected chi connectivity index (χ2v) is 8.43. The Balaban J connectivity index is 1.50. The molecule has 0 spiro atoms. The predicted octanol–water partition coefficient (Wildman–Crippen LogP) is 0.368. The molecule has 0 unspecified atom stereocenters. The highest BCUT2D eigenvalue weighted by atomic mass is 16.6. The van der Waals surface area contributed by atoms with Crippen LogP contribution in [0.3, 0.4) is 0 Å². The van der Waals surface area contributed by atoms with Gasteiger partial charge in [-0.1, -0.05) is 60.7 Å². The highest BCUT2D eigenvalue weighted by Gasteiger charge is 2.44. The largest absolute Gasteiger partial charge is 0.394 e. The normalized spacial score (nSPS) is 22.5. The summed E-state index contributed by atoms with van der Waals surface area (Å²) in [6.45, 7) is -0.407. The van der Waals surface area contributed by atoms with E-state index in [1.54, 1.807) is 0 Å². The fourth-order valence-electron chi connectivity index (χ4n) is 4.36. The Morgan fingerprint density at radius 2 is 1.60 bits per heavy atom. The Morgan fingerprint density at radius 3 is 2.17 bits per heavy atom. The Morgan fingerprint density at radius 1 is 0.971 bits per heavy atom. The Hall–Kier alpha value is -3.61. The van der Waals surface area contributed by atoms with Gasteiger partial charge in [0.15, 0.2) is 23.2 Å². The van der Waals surface area contributed by atoms with Crippen LogP contribution >= 0.6 is 0 Å². The number of nitrogens with zero attached hydrogens (tertiary/aromatic N) is 4. The van der Waals surface area contributed by atoms with E-state index in [0.717, 1.165) is 0 Å². The summed E-state index contributed by atoms with van der Waals surface area (Å²) in [6, 6.07) is 18.5. The monoisotopic (exact) mass is 478 g/mol. The van der Waals surface area contributed by atoms with Crippen molar-refractivity contribution in [3.63, 3.8) is 0 Å². The van der Waals surface area contributed by atoms with Crippen molar-refractivity contribution in [3.8, 4) is 0 Å². The standard InChI is InChI=1S/C24H26N6O5/c25-23-28-20(17-21(29-23)30(13-27-17)22-19(33)18(32)16(11-31)35-22)26-12-24(34,14-7-3-1-4-8-14)15-9-5-2-6-10-15/h1-10,13,16,18-19,22,31-34H,11-12H2,(H3,25,26,28,29)/t16-,18-,19-,22-/m1/s1. The molecule has 7 N–H and O–H groups in total. The van der Waals surface area contributed by atoms with Gasteiger partial charge in [-0.3, -0.25) is 4.57 Å². The lowest BCUT2D eigenvalue weighted by molar-refractivity contribution is -0.0511. The smallest absolute Gasteiger partial charge is 0.224 e. The molecule has 0 radical (unpaired) electrons. The lowest BCUT2D eigenvalue weighted by atomic mass is 9.86. The summed E-state index contributed by atoms with van der Waals surface area (Å²) in [7, 11) is 0. The third-order valence-electron chi connectivity index (χ3n) is 6.24. The van der Waals surface area contributed by atoms with Gasteiger partial charge in [0.05, 0.1) is 19.5 Å². The molecular weight excluding hydrogens is 452 g/mol. The number of nitrogen functional groups attached to an aromatic ring is 1. The van der Waals surface area contributed by atoms with Gasteiger partial charge in [0.1, 0.15) is 23.9 Å². The number of hydrogen-bond donors (Lipinski definition) is 6. The minimum atomic E-state index is -1.39. The average Bonchev–Trinajstić information content (AvgIpc) is 3.43. The molecule has 5 rings (SSSR count). The summed E-state index contributed by atoms with van der Waals surface area (Å²) < 4.78 is 7.04. The van der Waals surface area contributed by atoms with Gasteiger partial charge in [-0.05, 0) is 11.1 Å². The van der Waals surface area contributed by atoms with Gasteiger partial charge in [-0.15, -0.1) is 0 Å². The summed E-state index contributed by atoms with van der Waals surface area (Å²) in [5.41, 5.74) is 6.55. The molecule has 11 nitrogen and oxygen atoms in total. The van der Waals surface area contributed by atoms with Crippen LogP contribution < -0.4 is 11.1 Å². The maximum atomic E-state index is 11.8. The number of hydrogen-bond acceptors (Lipinski definition) is 10. The number of anilines is 2. The minimum Gasteiger partial charge on any atom is -0.394 e. The van der Waals surface area contributed by atoms with Crippen LogP contribution in [-0.2, 0) is 10.3 Å². The first-order chi connectivity index (χ1) is 16.9. The van der Waals surface area contributed by atoms with Crippen molar-refractivity contribution in [1.82, 2.24) is 19.5 Å². The summed E-state index contributed by atoms with van der Waals surface area (Å²) in [5, 5.41) is 44.9. The number of aromatic nitrogens is 4. The molecule has 11 heteroatoms. The highest BCUT2D eigenvalue weighted by molar-refractivity contribution is 5.84. The Labute approximate surface area is 200 Å². The molecule has 1 aliphatic heterocycles. The molecule has 2 aromatic heterocycles. The molecule has 4 aromatic rings. The minimum absolute atomic E-state index is 0.0489. The molecule has 1 fully saturated rings. The topological polar surface area (TPSA) is 172 Å². The molecule has 0 aliphatic carbocycles. The second kappa shape index (κ2) is 9.21. The molecule has 3 heterocycles. The predicted molar refractivity (Wildman–Crippen MR) is 127 cm³/mol. The van der Waals surface area contributed by atoms with Crippen LogP contribution in [0.4, 0.5) is 11.8 Å². The lowest BCUT2D eigenvalue weighted by Crippen LogP contribution is -2.35. The van der Waals surface area contributed by atoms with Gasteiger partial charge < -0.3 is 36.2 Å². The zero-order valence-corrected chi connectivity index (χ0v) is 18.6. The maximum Gasteiger partial charge on any atom is 0.224 e. The molecule has 35 heavy (non-hydrogen) atoms. The summed E-state index contributed by atoms with van der Waals surface area (Å²) in [5.74, 6) is 0.222. The van der Waals surface area contributed by atoms with Crippen molar-refractivity contribution in [1.29, 1.82) is 0 Å². The van der Waals surface area contributed by atoms with E-state index in [9.17, 15) is 20.4 Å². The summed E-state index contributed by atoms with van der Waals surface area (Å²) >= 11 is 0. The van der Waals surface area contributed by atoms with Gasteiger partial charge in [0.2, 0.25) is 5.95 Å². The van der Waals surface area contributed by atoms with Gasteiger partial charge in [-0.2, -0.15) is 9.97 Å². The van der Waals surface area contributed by atoms with Crippen LogP contribution in [-0.4, -0.2) is 71.4 Å². The number of benzene rings is 2. The van der Waals surface area contributed by atoms with E-state index in [0.29, 0.717) is 16.6 Å². The van der Waals surface area contributed by atoms with Gasteiger partial charge in [0.25, 0.3) is 0 Å². The molecule has 0 bridgehead atoms. The van der Waals surface area contributed by atoms with Crippen LogP contribution in [0.1, 0.15) is 17.4 Å². The number of rotatable bonds is 7. The van der Waals surface area contributed by atoms with Crippen molar-refractivity contribution in [3.05, 3.63) is 78.1 Å². The van der Waals surface area contributed by atoms with E-state index in [1.165, 1.54) is 10.9 Å². The van der Waals surface area contributed by atoms with Gasteiger partial charge >= 0.3 is 0 Å². The van der Waals surface area contributed by atoms with Crippen molar-refractivity contribution in [2.24, 2.45) is 0 Å². The Kier molecular flexibility index (Phi) is 6.09. The van der Waals surface area contributed by atoms with Crippen molar-refractivity contribution >= 4 is 22.9 Å². The van der Waals surface area contributed by atoms with Crippen LogP contribution in [0.2, 0.25) is 0 Å². The van der Waals surface area contributed by atoms with Crippen molar-refractivity contribution < 1.29 is 25.2 Å². The van der Waals surface area contributed by atoms with Gasteiger partial charge in [-0.25, -0.2) is 4.98 Å². The number of ether oxygens (including phenoxy) is 1. The van der Waals surface area contributed by atoms with Gasteiger partial charge in [0, 0.05) is 0 Å². The first-order valence-corrected chi connectivity index (χ1v) is 11.1. The van der Waals surface area contributed by atoms with E-state index in [1.807, 2.05) is 60.7 Å². The first kappa shape index (κ1) is 23.1. The summed E-state index contributed by atoms with van der Waals surface area (Å²) in [6.07, 6.45) is -3.16. The Bertz CT molecular complexity index is 1260. The van der Waals surface area contributed by atoms with Crippen LogP contribution in [0.15, 0.2) is 67.0 Å². The molecular formula is C24H26N6O5. The van der Waals surface area contributed by atoms with Crippen LogP contribution in [0.25, 0.3) is 11.2 Å². The molecule has 0 saturated carbocycles. The van der Waals surface area contributed by atoms with Crippen LogP contribution in [0.5, 0.6) is 0 Å². The molecule has 1 aliphatic rings. The number of nitrogens with one attached hydrogen (secondary N) is 1. The number of imidazole rings is 1. The number of fused-ring (bicyclic) bond motifs is 1. The number of nitrogens with two attached hydrogens (primary N) is 1. The molecule has 182 valence electrons. The molecule has 4 atom stereocenters. The maximum absolute atomic E-state index is 11.8. The zero-order valence-electron chi connectivity index (χ0n) is 18.6. The first-order valence-electron chi connectivity index (χ1n) is 11.1. The lowest BCUT2D eigenvalue weighted by Gasteiger charge is -2.30. The fraction of sp³-hybridized carbons (Fsp3) is 0.292. The van der Waals surface area contributed by atoms with E-state index in [-0.39, 0.29) is 24.0 Å². The molecule has 2 aromatic carbocycles.